The Kier molecular flexibility index (Phi) is 5.32. The van der Waals surface area contributed by atoms with E-state index in [1.807, 2.05) is 26.0 Å². The smallest absolute Gasteiger partial charge is 0.142 e. The highest BCUT2D eigenvalue weighted by atomic mass is 16.5. The minimum atomic E-state index is 0.0225. The van der Waals surface area contributed by atoms with Crippen LogP contribution in [0, 0.1) is 11.8 Å². The molecule has 1 aromatic heterocycles. The number of pyridine rings is 1. The van der Waals surface area contributed by atoms with Crippen molar-refractivity contribution in [2.24, 2.45) is 0 Å². The molecule has 0 aliphatic rings. The summed E-state index contributed by atoms with van der Waals surface area (Å²) in [6.45, 7) is 3.89. The van der Waals surface area contributed by atoms with E-state index in [2.05, 4.69) is 16.8 Å². The highest BCUT2D eigenvalue weighted by Crippen LogP contribution is 2.24. The van der Waals surface area contributed by atoms with Crippen LogP contribution in [-0.2, 0) is 0 Å². The Morgan fingerprint density at radius 2 is 1.70 bits per heavy atom. The molecule has 0 spiro atoms. The Hall–Kier alpha value is -2.87. The monoisotopic (exact) mass is 312 g/mol. The maximum absolute atomic E-state index is 5.93. The molecule has 2 N–H and O–H groups in total. The molecule has 0 amide bonds. The fourth-order valence-corrected chi connectivity index (χ4v) is 1.95. The van der Waals surface area contributed by atoms with E-state index in [1.165, 1.54) is 0 Å². The molecule has 0 saturated carbocycles. The summed E-state index contributed by atoms with van der Waals surface area (Å²) in [5.74, 6) is 8.39. The van der Waals surface area contributed by atoms with Crippen LogP contribution in [-0.4, -0.2) is 25.3 Å². The standard InChI is InChI=1S/C18H20N2O3/c1-12(2)23-17-7-8-20-18(19)16(17)6-5-13-9-14(21-3)11-15(10-13)22-4/h7-12H,1-4H3,(H2,19,20). The van der Waals surface area contributed by atoms with Crippen LogP contribution in [0.2, 0.25) is 0 Å². The van der Waals surface area contributed by atoms with E-state index in [-0.39, 0.29) is 6.10 Å². The minimum Gasteiger partial charge on any atom is -0.497 e. The number of aromatic nitrogens is 1. The second kappa shape index (κ2) is 7.41. The fourth-order valence-electron chi connectivity index (χ4n) is 1.95. The fraction of sp³-hybridized carbons (Fsp3) is 0.278. The number of benzene rings is 1. The SMILES string of the molecule is COc1cc(C#Cc2c(OC(C)C)ccnc2N)cc(OC)c1. The van der Waals surface area contributed by atoms with E-state index in [4.69, 9.17) is 19.9 Å². The zero-order valence-corrected chi connectivity index (χ0v) is 13.7. The van der Waals surface area contributed by atoms with Crippen LogP contribution in [0.15, 0.2) is 30.5 Å². The van der Waals surface area contributed by atoms with E-state index in [9.17, 15) is 0 Å². The number of methoxy groups -OCH3 is 2. The number of rotatable bonds is 4. The summed E-state index contributed by atoms with van der Waals surface area (Å²) in [4.78, 5) is 4.07. The van der Waals surface area contributed by atoms with Gasteiger partial charge in [0, 0.05) is 17.8 Å². The molecule has 0 aliphatic carbocycles. The predicted molar refractivity (Wildman–Crippen MR) is 89.9 cm³/mol. The molecule has 1 aromatic carbocycles. The quantitative estimate of drug-likeness (QED) is 0.879. The van der Waals surface area contributed by atoms with Crippen molar-refractivity contribution >= 4 is 5.82 Å². The Labute approximate surface area is 136 Å². The predicted octanol–water partition coefficient (Wildman–Crippen LogP) is 2.87. The second-order valence-corrected chi connectivity index (χ2v) is 5.09. The summed E-state index contributed by atoms with van der Waals surface area (Å²) in [6.07, 6.45) is 1.63. The molecule has 120 valence electrons. The van der Waals surface area contributed by atoms with Crippen LogP contribution in [0.3, 0.4) is 0 Å². The van der Waals surface area contributed by atoms with Gasteiger partial charge in [-0.2, -0.15) is 0 Å². The lowest BCUT2D eigenvalue weighted by Crippen LogP contribution is -2.08. The minimum absolute atomic E-state index is 0.0225. The molecule has 23 heavy (non-hydrogen) atoms. The summed E-state index contributed by atoms with van der Waals surface area (Å²) in [5, 5.41) is 0. The first-order valence-corrected chi connectivity index (χ1v) is 7.19. The number of ether oxygens (including phenoxy) is 3. The van der Waals surface area contributed by atoms with Gasteiger partial charge in [0.1, 0.15) is 28.6 Å². The Balaban J connectivity index is 2.42. The highest BCUT2D eigenvalue weighted by Gasteiger charge is 2.08. The summed E-state index contributed by atoms with van der Waals surface area (Å²) in [7, 11) is 3.19. The number of nitrogen functional groups attached to an aromatic ring is 1. The molecule has 5 nitrogen and oxygen atoms in total. The number of hydrogen-bond donors (Lipinski definition) is 1. The lowest BCUT2D eigenvalue weighted by Gasteiger charge is -2.12. The topological polar surface area (TPSA) is 66.6 Å². The van der Waals surface area contributed by atoms with Gasteiger partial charge in [-0.15, -0.1) is 0 Å². The first-order chi connectivity index (χ1) is 11.0. The van der Waals surface area contributed by atoms with Crippen molar-refractivity contribution < 1.29 is 14.2 Å². The number of hydrogen-bond acceptors (Lipinski definition) is 5. The molecule has 5 heteroatoms. The average Bonchev–Trinajstić information content (AvgIpc) is 2.53. The van der Waals surface area contributed by atoms with Crippen molar-refractivity contribution in [1.82, 2.24) is 4.98 Å². The normalized spacial score (nSPS) is 9.96. The Bertz CT molecular complexity index is 723. The van der Waals surface area contributed by atoms with Crippen LogP contribution < -0.4 is 19.9 Å². The highest BCUT2D eigenvalue weighted by molar-refractivity contribution is 5.60. The maximum atomic E-state index is 5.93. The third kappa shape index (κ3) is 4.30. The van der Waals surface area contributed by atoms with E-state index in [0.717, 1.165) is 5.56 Å². The summed E-state index contributed by atoms with van der Waals surface area (Å²) >= 11 is 0. The molecule has 0 aliphatic heterocycles. The largest absolute Gasteiger partial charge is 0.497 e. The summed E-state index contributed by atoms with van der Waals surface area (Å²) < 4.78 is 16.2. The van der Waals surface area contributed by atoms with Gasteiger partial charge in [-0.25, -0.2) is 4.98 Å². The van der Waals surface area contributed by atoms with Gasteiger partial charge in [-0.3, -0.25) is 0 Å². The zero-order valence-electron chi connectivity index (χ0n) is 13.7. The van der Waals surface area contributed by atoms with Crippen LogP contribution in [0.25, 0.3) is 0 Å². The van der Waals surface area contributed by atoms with Gasteiger partial charge in [-0.05, 0) is 32.0 Å². The molecule has 2 aromatic rings. The molecule has 0 fully saturated rings. The zero-order chi connectivity index (χ0) is 16.8. The van der Waals surface area contributed by atoms with Crippen LogP contribution >= 0.6 is 0 Å². The van der Waals surface area contributed by atoms with Gasteiger partial charge in [0.25, 0.3) is 0 Å². The van der Waals surface area contributed by atoms with Gasteiger partial charge < -0.3 is 19.9 Å². The van der Waals surface area contributed by atoms with E-state index in [1.54, 1.807) is 32.5 Å². The van der Waals surface area contributed by atoms with Gasteiger partial charge >= 0.3 is 0 Å². The van der Waals surface area contributed by atoms with E-state index < -0.39 is 0 Å². The van der Waals surface area contributed by atoms with Crippen molar-refractivity contribution in [2.75, 3.05) is 20.0 Å². The lowest BCUT2D eigenvalue weighted by molar-refractivity contribution is 0.241. The number of anilines is 1. The Morgan fingerprint density at radius 3 is 2.26 bits per heavy atom. The van der Waals surface area contributed by atoms with E-state index in [0.29, 0.717) is 28.6 Å². The molecule has 0 saturated heterocycles. The molecular weight excluding hydrogens is 292 g/mol. The first kappa shape index (κ1) is 16.5. The van der Waals surface area contributed by atoms with E-state index >= 15 is 0 Å². The van der Waals surface area contributed by atoms with Crippen molar-refractivity contribution in [3.8, 4) is 29.1 Å². The van der Waals surface area contributed by atoms with Gasteiger partial charge in [0.05, 0.1) is 20.3 Å². The van der Waals surface area contributed by atoms with Crippen LogP contribution in [0.1, 0.15) is 25.0 Å². The molecule has 0 radical (unpaired) electrons. The van der Waals surface area contributed by atoms with Crippen molar-refractivity contribution in [3.63, 3.8) is 0 Å². The van der Waals surface area contributed by atoms with Gasteiger partial charge in [0.15, 0.2) is 0 Å². The van der Waals surface area contributed by atoms with Crippen LogP contribution in [0.5, 0.6) is 17.2 Å². The van der Waals surface area contributed by atoms with Gasteiger partial charge in [-0.1, -0.05) is 11.8 Å². The summed E-state index contributed by atoms with van der Waals surface area (Å²) in [5.41, 5.74) is 7.25. The molecule has 0 bridgehead atoms. The maximum Gasteiger partial charge on any atom is 0.142 e. The van der Waals surface area contributed by atoms with Crippen LogP contribution in [0.4, 0.5) is 5.82 Å². The molecule has 1 heterocycles. The second-order valence-electron chi connectivity index (χ2n) is 5.09. The van der Waals surface area contributed by atoms with Crippen molar-refractivity contribution in [3.05, 3.63) is 41.6 Å². The first-order valence-electron chi connectivity index (χ1n) is 7.19. The number of nitrogens with zero attached hydrogens (tertiary/aromatic N) is 1. The Morgan fingerprint density at radius 1 is 1.04 bits per heavy atom. The summed E-state index contributed by atoms with van der Waals surface area (Å²) in [6, 6.07) is 7.19. The lowest BCUT2D eigenvalue weighted by atomic mass is 10.1. The molecule has 2 rings (SSSR count). The number of nitrogens with two attached hydrogens (primary N) is 1. The third-order valence-electron chi connectivity index (χ3n) is 2.99. The average molecular weight is 312 g/mol. The molecule has 0 unspecified atom stereocenters. The molecular formula is C18H20N2O3. The van der Waals surface area contributed by atoms with Gasteiger partial charge in [0.2, 0.25) is 0 Å². The molecule has 0 atom stereocenters. The van der Waals surface area contributed by atoms with Crippen molar-refractivity contribution in [1.29, 1.82) is 0 Å². The third-order valence-corrected chi connectivity index (χ3v) is 2.99. The van der Waals surface area contributed by atoms with Crippen molar-refractivity contribution in [2.45, 2.75) is 20.0 Å².